The molecule has 0 aromatic heterocycles. The van der Waals surface area contributed by atoms with E-state index in [4.69, 9.17) is 14.2 Å². The lowest BCUT2D eigenvalue weighted by Crippen LogP contribution is -2.30. The molecular formula is C61H106O6. The fourth-order valence-corrected chi connectivity index (χ4v) is 7.88. The highest BCUT2D eigenvalue weighted by Crippen LogP contribution is 2.15. The van der Waals surface area contributed by atoms with Crippen LogP contribution in [0.2, 0.25) is 0 Å². The van der Waals surface area contributed by atoms with Crippen LogP contribution < -0.4 is 0 Å². The second-order valence-electron chi connectivity index (χ2n) is 18.8. The molecule has 0 bridgehead atoms. The van der Waals surface area contributed by atoms with E-state index >= 15 is 0 Å². The molecule has 0 aromatic rings. The number of carbonyl (C=O) groups excluding carboxylic acids is 3. The minimum atomic E-state index is -0.793. The van der Waals surface area contributed by atoms with Crippen molar-refractivity contribution in [1.29, 1.82) is 0 Å². The van der Waals surface area contributed by atoms with E-state index in [-0.39, 0.29) is 31.1 Å². The van der Waals surface area contributed by atoms with Crippen LogP contribution in [0.25, 0.3) is 0 Å². The monoisotopic (exact) mass is 935 g/mol. The van der Waals surface area contributed by atoms with E-state index in [9.17, 15) is 14.4 Å². The predicted octanol–water partition coefficient (Wildman–Crippen LogP) is 19.0. The molecule has 0 spiro atoms. The Morgan fingerprint density at radius 2 is 0.597 bits per heavy atom. The molecule has 0 radical (unpaired) electrons. The second kappa shape index (κ2) is 55.4. The normalized spacial score (nSPS) is 12.6. The van der Waals surface area contributed by atoms with Gasteiger partial charge in [0.2, 0.25) is 0 Å². The minimum Gasteiger partial charge on any atom is -0.462 e. The summed E-state index contributed by atoms with van der Waals surface area (Å²) in [5.41, 5.74) is 0. The topological polar surface area (TPSA) is 78.9 Å². The fraction of sp³-hybridized carbons (Fsp3) is 0.754. The van der Waals surface area contributed by atoms with Crippen LogP contribution in [-0.4, -0.2) is 37.2 Å². The van der Waals surface area contributed by atoms with Crippen LogP contribution in [-0.2, 0) is 28.6 Å². The molecule has 0 heterocycles. The highest BCUT2D eigenvalue weighted by atomic mass is 16.6. The zero-order chi connectivity index (χ0) is 48.6. The average molecular weight is 936 g/mol. The van der Waals surface area contributed by atoms with E-state index in [2.05, 4.69) is 93.7 Å². The zero-order valence-corrected chi connectivity index (χ0v) is 44.2. The number of unbranched alkanes of at least 4 members (excludes halogenated alkanes) is 28. The molecule has 0 amide bonds. The number of rotatable bonds is 51. The molecule has 0 saturated carbocycles. The Kier molecular flexibility index (Phi) is 52.8. The van der Waals surface area contributed by atoms with Crippen molar-refractivity contribution in [3.05, 3.63) is 72.9 Å². The van der Waals surface area contributed by atoms with Gasteiger partial charge in [-0.2, -0.15) is 0 Å². The summed E-state index contributed by atoms with van der Waals surface area (Å²) in [4.78, 5) is 38.0. The summed E-state index contributed by atoms with van der Waals surface area (Å²) < 4.78 is 16.8. The van der Waals surface area contributed by atoms with Gasteiger partial charge >= 0.3 is 17.9 Å². The van der Waals surface area contributed by atoms with Gasteiger partial charge in [-0.25, -0.2) is 0 Å². The molecule has 6 nitrogen and oxygen atoms in total. The SMILES string of the molecule is CC/C=C\C/C=C\C/C=C\CCCCCC(=O)OC(COC(=O)CCCCCCC/C=C\CCCC)COC(=O)CCCCCCCCCCCCCCC/C=C\C/C=C\CCCCCCC. The second-order valence-corrected chi connectivity index (χ2v) is 18.8. The smallest absolute Gasteiger partial charge is 0.306 e. The molecule has 1 unspecified atom stereocenters. The summed E-state index contributed by atoms with van der Waals surface area (Å²) in [6.07, 6.45) is 70.5. The average Bonchev–Trinajstić information content (AvgIpc) is 3.33. The molecule has 0 aliphatic carbocycles. The Morgan fingerprint density at radius 1 is 0.313 bits per heavy atom. The van der Waals surface area contributed by atoms with Crippen molar-refractivity contribution in [2.45, 2.75) is 284 Å². The van der Waals surface area contributed by atoms with E-state index < -0.39 is 6.10 Å². The third-order valence-corrected chi connectivity index (χ3v) is 12.2. The molecule has 1 atom stereocenters. The molecule has 0 rings (SSSR count). The first-order valence-electron chi connectivity index (χ1n) is 28.4. The highest BCUT2D eigenvalue weighted by Gasteiger charge is 2.19. The Balaban J connectivity index is 4.24. The highest BCUT2D eigenvalue weighted by molar-refractivity contribution is 5.71. The van der Waals surface area contributed by atoms with Crippen LogP contribution in [0.3, 0.4) is 0 Å². The van der Waals surface area contributed by atoms with Gasteiger partial charge in [-0.1, -0.05) is 229 Å². The van der Waals surface area contributed by atoms with Crippen LogP contribution >= 0.6 is 0 Å². The van der Waals surface area contributed by atoms with Gasteiger partial charge in [0.05, 0.1) is 0 Å². The van der Waals surface area contributed by atoms with Crippen LogP contribution in [0.15, 0.2) is 72.9 Å². The van der Waals surface area contributed by atoms with Crippen LogP contribution in [0.1, 0.15) is 278 Å². The van der Waals surface area contributed by atoms with Crippen LogP contribution in [0, 0.1) is 0 Å². The van der Waals surface area contributed by atoms with Gasteiger partial charge in [0.25, 0.3) is 0 Å². The van der Waals surface area contributed by atoms with E-state index in [0.717, 1.165) is 96.3 Å². The van der Waals surface area contributed by atoms with Crippen molar-refractivity contribution in [2.24, 2.45) is 0 Å². The number of carbonyl (C=O) groups is 3. The Bertz CT molecular complexity index is 1260. The maximum Gasteiger partial charge on any atom is 0.306 e. The first-order valence-corrected chi connectivity index (χ1v) is 28.4. The lowest BCUT2D eigenvalue weighted by molar-refractivity contribution is -0.167. The lowest BCUT2D eigenvalue weighted by Gasteiger charge is -2.18. The summed E-state index contributed by atoms with van der Waals surface area (Å²) in [6.45, 7) is 6.45. The van der Waals surface area contributed by atoms with Crippen LogP contribution in [0.4, 0.5) is 0 Å². The third kappa shape index (κ3) is 53.7. The third-order valence-electron chi connectivity index (χ3n) is 12.2. The van der Waals surface area contributed by atoms with E-state index in [1.807, 2.05) is 0 Å². The van der Waals surface area contributed by atoms with E-state index in [0.29, 0.717) is 19.3 Å². The Morgan fingerprint density at radius 3 is 0.985 bits per heavy atom. The molecule has 0 N–H and O–H groups in total. The zero-order valence-electron chi connectivity index (χ0n) is 44.2. The van der Waals surface area contributed by atoms with Crippen molar-refractivity contribution in [3.8, 4) is 0 Å². The fourth-order valence-electron chi connectivity index (χ4n) is 7.88. The predicted molar refractivity (Wildman–Crippen MR) is 288 cm³/mol. The van der Waals surface area contributed by atoms with Crippen molar-refractivity contribution in [2.75, 3.05) is 13.2 Å². The minimum absolute atomic E-state index is 0.0896. The summed E-state index contributed by atoms with van der Waals surface area (Å²) in [5, 5.41) is 0. The molecule has 6 heteroatoms. The lowest BCUT2D eigenvalue weighted by atomic mass is 10.0. The van der Waals surface area contributed by atoms with Gasteiger partial charge in [0, 0.05) is 19.3 Å². The van der Waals surface area contributed by atoms with Gasteiger partial charge in [-0.05, 0) is 103 Å². The largest absolute Gasteiger partial charge is 0.462 e. The molecule has 0 aliphatic heterocycles. The molecule has 67 heavy (non-hydrogen) atoms. The number of ether oxygens (including phenoxy) is 3. The van der Waals surface area contributed by atoms with Crippen molar-refractivity contribution in [1.82, 2.24) is 0 Å². The van der Waals surface area contributed by atoms with Crippen molar-refractivity contribution < 1.29 is 28.6 Å². The first kappa shape index (κ1) is 63.8. The summed E-state index contributed by atoms with van der Waals surface area (Å²) in [7, 11) is 0. The standard InChI is InChI=1S/C61H106O6/c1-4-7-10-13-16-19-22-24-25-26-27-28-29-30-31-32-33-34-35-37-39-42-45-48-51-54-60(63)66-57-58(56-65-59(62)53-50-47-44-41-38-21-18-15-12-9-6-3)67-61(64)55-52-49-46-43-40-36-23-20-17-14-11-8-5-2/h8,11,15,17-18,20,22,24,26-27,36,40,58H,4-7,9-10,12-14,16,19,21,23,25,28-35,37-39,41-57H2,1-3H3/b11-8-,18-15-,20-17-,24-22-,27-26-,40-36-. The summed E-state index contributed by atoms with van der Waals surface area (Å²) >= 11 is 0. The van der Waals surface area contributed by atoms with Crippen molar-refractivity contribution >= 4 is 17.9 Å². The molecule has 0 saturated heterocycles. The summed E-state index contributed by atoms with van der Waals surface area (Å²) in [6, 6.07) is 0. The number of hydrogen-bond donors (Lipinski definition) is 0. The Hall–Kier alpha value is -3.15. The molecule has 0 aliphatic rings. The van der Waals surface area contributed by atoms with Crippen LogP contribution in [0.5, 0.6) is 0 Å². The number of allylic oxidation sites excluding steroid dienone is 12. The van der Waals surface area contributed by atoms with Gasteiger partial charge < -0.3 is 14.2 Å². The maximum absolute atomic E-state index is 12.8. The van der Waals surface area contributed by atoms with E-state index in [1.54, 1.807) is 0 Å². The van der Waals surface area contributed by atoms with Gasteiger partial charge in [0.1, 0.15) is 13.2 Å². The molecule has 0 aromatic carbocycles. The van der Waals surface area contributed by atoms with E-state index in [1.165, 1.54) is 141 Å². The number of esters is 3. The molecule has 386 valence electrons. The quantitative estimate of drug-likeness (QED) is 0.0262. The molecule has 0 fully saturated rings. The van der Waals surface area contributed by atoms with Gasteiger partial charge in [-0.15, -0.1) is 0 Å². The van der Waals surface area contributed by atoms with Gasteiger partial charge in [-0.3, -0.25) is 14.4 Å². The number of hydrogen-bond acceptors (Lipinski definition) is 6. The summed E-state index contributed by atoms with van der Waals surface area (Å²) in [5.74, 6) is -0.926. The first-order chi connectivity index (χ1) is 33.0. The maximum atomic E-state index is 12.8. The Labute approximate surface area is 414 Å². The van der Waals surface area contributed by atoms with Crippen molar-refractivity contribution in [3.63, 3.8) is 0 Å². The van der Waals surface area contributed by atoms with Gasteiger partial charge in [0.15, 0.2) is 6.10 Å². The molecular weight excluding hydrogens is 829 g/mol.